The molecule has 3 aromatic rings. The van der Waals surface area contributed by atoms with E-state index < -0.39 is 17.6 Å². The summed E-state index contributed by atoms with van der Waals surface area (Å²) in [5.41, 5.74) is 1.48. The SMILES string of the molecule is COc1cc(C(=O)N2CC[C@](CCN3CCC(NC(=O)N4CCOC(C(=O)O)C4)(c4ccccc4)CC3)(c3ccc(Cl)c(Cl)c3)C2)cc(OC)c1OC. The third-order valence-electron chi connectivity index (χ3n) is 11.0. The van der Waals surface area contributed by atoms with Crippen molar-refractivity contribution in [2.45, 2.75) is 42.7 Å². The lowest BCUT2D eigenvalue weighted by Crippen LogP contribution is -2.59. The molecule has 14 heteroatoms. The van der Waals surface area contributed by atoms with Crippen LogP contribution in [0.1, 0.15) is 47.2 Å². The Kier molecular flexibility index (Phi) is 11.9. The van der Waals surface area contributed by atoms with E-state index in [2.05, 4.69) is 10.2 Å². The van der Waals surface area contributed by atoms with E-state index in [1.165, 1.54) is 26.2 Å². The van der Waals surface area contributed by atoms with E-state index in [1.54, 1.807) is 12.1 Å². The number of carboxylic acids is 1. The molecule has 0 bridgehead atoms. The summed E-state index contributed by atoms with van der Waals surface area (Å²) in [4.78, 5) is 45.0. The lowest BCUT2D eigenvalue weighted by Gasteiger charge is -2.45. The molecule has 0 aliphatic carbocycles. The number of aliphatic carboxylic acids is 1. The van der Waals surface area contributed by atoms with Gasteiger partial charge < -0.3 is 44.1 Å². The van der Waals surface area contributed by atoms with Gasteiger partial charge >= 0.3 is 12.0 Å². The van der Waals surface area contributed by atoms with Gasteiger partial charge in [-0.05, 0) is 67.6 Å². The number of urea groups is 1. The van der Waals surface area contributed by atoms with Crippen LogP contribution < -0.4 is 19.5 Å². The number of carbonyl (C=O) groups excluding carboxylic acids is 2. The predicted octanol–water partition coefficient (Wildman–Crippen LogP) is 5.68. The number of piperidine rings is 1. The third-order valence-corrected chi connectivity index (χ3v) is 11.7. The number of carboxylic acid groups (broad SMARTS) is 1. The summed E-state index contributed by atoms with van der Waals surface area (Å²) in [5.74, 6) is 0.0221. The van der Waals surface area contributed by atoms with Gasteiger partial charge in [0.2, 0.25) is 5.75 Å². The van der Waals surface area contributed by atoms with Gasteiger partial charge in [0, 0.05) is 43.7 Å². The Labute approximate surface area is 319 Å². The molecule has 0 saturated carbocycles. The van der Waals surface area contributed by atoms with E-state index in [1.807, 2.05) is 53.4 Å². The number of ether oxygens (including phenoxy) is 4. The van der Waals surface area contributed by atoms with E-state index >= 15 is 0 Å². The van der Waals surface area contributed by atoms with Gasteiger partial charge in [-0.3, -0.25) is 4.79 Å². The molecule has 3 aliphatic rings. The molecule has 53 heavy (non-hydrogen) atoms. The van der Waals surface area contributed by atoms with E-state index in [0.29, 0.717) is 65.3 Å². The lowest BCUT2D eigenvalue weighted by atomic mass is 9.76. The molecular formula is C39H46Cl2N4O8. The Bertz CT molecular complexity index is 1780. The maximum absolute atomic E-state index is 14.0. The Balaban J connectivity index is 1.19. The van der Waals surface area contributed by atoms with Gasteiger partial charge in [0.15, 0.2) is 17.6 Å². The van der Waals surface area contributed by atoms with Crippen LogP contribution in [0.3, 0.4) is 0 Å². The molecule has 2 atom stereocenters. The maximum atomic E-state index is 14.0. The first kappa shape index (κ1) is 38.5. The summed E-state index contributed by atoms with van der Waals surface area (Å²) in [6.45, 7) is 3.72. The first-order valence-electron chi connectivity index (χ1n) is 17.8. The summed E-state index contributed by atoms with van der Waals surface area (Å²) in [5, 5.41) is 13.7. The number of nitrogens with one attached hydrogen (secondary N) is 1. The highest BCUT2D eigenvalue weighted by molar-refractivity contribution is 6.42. The van der Waals surface area contributed by atoms with Crippen LogP contribution in [0.4, 0.5) is 4.79 Å². The first-order valence-corrected chi connectivity index (χ1v) is 18.5. The van der Waals surface area contributed by atoms with Crippen LogP contribution in [0.5, 0.6) is 17.2 Å². The van der Waals surface area contributed by atoms with E-state index in [4.69, 9.17) is 42.1 Å². The Morgan fingerprint density at radius 3 is 2.17 bits per heavy atom. The summed E-state index contributed by atoms with van der Waals surface area (Å²) >= 11 is 12.9. The van der Waals surface area contributed by atoms with Gasteiger partial charge in [0.05, 0.1) is 50.1 Å². The lowest BCUT2D eigenvalue weighted by molar-refractivity contribution is -0.154. The second-order valence-corrected chi connectivity index (χ2v) is 14.7. The van der Waals surface area contributed by atoms with Crippen molar-refractivity contribution in [3.05, 3.63) is 87.4 Å². The molecule has 6 rings (SSSR count). The number of carbonyl (C=O) groups is 3. The molecule has 3 fully saturated rings. The average molecular weight is 770 g/mol. The molecule has 3 heterocycles. The van der Waals surface area contributed by atoms with Crippen LogP contribution in [-0.2, 0) is 20.5 Å². The van der Waals surface area contributed by atoms with Gasteiger partial charge in [-0.15, -0.1) is 0 Å². The molecule has 12 nitrogen and oxygen atoms in total. The number of amides is 3. The summed E-state index contributed by atoms with van der Waals surface area (Å²) < 4.78 is 21.9. The highest BCUT2D eigenvalue weighted by atomic mass is 35.5. The maximum Gasteiger partial charge on any atom is 0.334 e. The molecule has 284 valence electrons. The fourth-order valence-corrected chi connectivity index (χ4v) is 8.18. The second kappa shape index (κ2) is 16.4. The van der Waals surface area contributed by atoms with Crippen molar-refractivity contribution in [2.24, 2.45) is 0 Å². The van der Waals surface area contributed by atoms with Gasteiger partial charge in [0.25, 0.3) is 5.91 Å². The molecule has 0 aromatic heterocycles. The number of benzene rings is 3. The molecule has 0 spiro atoms. The van der Waals surface area contributed by atoms with E-state index in [9.17, 15) is 19.5 Å². The molecule has 3 aliphatic heterocycles. The van der Waals surface area contributed by atoms with E-state index in [0.717, 1.165) is 43.6 Å². The molecule has 2 N–H and O–H groups in total. The topological polar surface area (TPSA) is 130 Å². The van der Waals surface area contributed by atoms with E-state index in [-0.39, 0.29) is 30.5 Å². The zero-order chi connectivity index (χ0) is 37.8. The number of halogens is 2. The average Bonchev–Trinajstić information content (AvgIpc) is 3.63. The molecule has 3 aromatic carbocycles. The van der Waals surface area contributed by atoms with Crippen LogP contribution in [0, 0.1) is 0 Å². The minimum atomic E-state index is -1.08. The van der Waals surface area contributed by atoms with Crippen molar-refractivity contribution in [2.75, 3.05) is 73.7 Å². The zero-order valence-electron chi connectivity index (χ0n) is 30.2. The summed E-state index contributed by atoms with van der Waals surface area (Å²) in [6, 6.07) is 18.8. The number of morpholine rings is 1. The predicted molar refractivity (Wildman–Crippen MR) is 201 cm³/mol. The van der Waals surface area contributed by atoms with Crippen molar-refractivity contribution in [3.8, 4) is 17.2 Å². The van der Waals surface area contributed by atoms with Crippen LogP contribution in [0.2, 0.25) is 10.0 Å². The normalized spacial score (nSPS) is 21.6. The number of hydrogen-bond acceptors (Lipinski definition) is 8. The minimum Gasteiger partial charge on any atom is -0.493 e. The minimum absolute atomic E-state index is 0.00592. The number of nitrogens with zero attached hydrogens (tertiary/aromatic N) is 3. The highest BCUT2D eigenvalue weighted by Crippen LogP contribution is 2.43. The van der Waals surface area contributed by atoms with Crippen molar-refractivity contribution in [3.63, 3.8) is 0 Å². The second-order valence-electron chi connectivity index (χ2n) is 13.9. The van der Waals surface area contributed by atoms with Crippen molar-refractivity contribution in [1.29, 1.82) is 0 Å². The number of likely N-dealkylation sites (tertiary alicyclic amines) is 2. The molecule has 0 radical (unpaired) electrons. The standard InChI is InChI=1S/C39H46Cl2N4O8/c1-50-31-21-26(22-32(51-2)34(31)52-3)35(46)45-18-12-38(25-45,28-9-10-29(40)30(41)23-28)11-15-43-16-13-39(14-17-43,27-7-5-4-6-8-27)42-37(49)44-19-20-53-33(24-44)36(47)48/h4-10,21-23,33H,11-20,24-25H2,1-3H3,(H,42,49)(H,47,48)/t33?,38-/m0/s1. The Morgan fingerprint density at radius 1 is 0.849 bits per heavy atom. The quantitative estimate of drug-likeness (QED) is 0.253. The molecule has 3 saturated heterocycles. The van der Waals surface area contributed by atoms with Crippen molar-refractivity contribution >= 4 is 41.1 Å². The fourth-order valence-electron chi connectivity index (χ4n) is 7.88. The Hall–Kier alpha value is -4.23. The van der Waals surface area contributed by atoms with Crippen molar-refractivity contribution < 1.29 is 38.4 Å². The fraction of sp³-hybridized carbons (Fsp3) is 0.462. The number of rotatable bonds is 11. The number of methoxy groups -OCH3 is 3. The van der Waals surface area contributed by atoms with Crippen LogP contribution >= 0.6 is 23.2 Å². The Morgan fingerprint density at radius 2 is 1.55 bits per heavy atom. The van der Waals surface area contributed by atoms with Gasteiger partial charge in [-0.25, -0.2) is 9.59 Å². The zero-order valence-corrected chi connectivity index (χ0v) is 31.8. The van der Waals surface area contributed by atoms with Gasteiger partial charge in [0.1, 0.15) is 0 Å². The largest absolute Gasteiger partial charge is 0.493 e. The van der Waals surface area contributed by atoms with Gasteiger partial charge in [-0.1, -0.05) is 59.6 Å². The highest BCUT2D eigenvalue weighted by Gasteiger charge is 2.44. The van der Waals surface area contributed by atoms with Crippen LogP contribution in [0.15, 0.2) is 60.7 Å². The molecule has 1 unspecified atom stereocenters. The van der Waals surface area contributed by atoms with Gasteiger partial charge in [-0.2, -0.15) is 0 Å². The summed E-state index contributed by atoms with van der Waals surface area (Å²) in [6.07, 6.45) is 1.78. The van der Waals surface area contributed by atoms with Crippen LogP contribution in [-0.4, -0.2) is 118 Å². The smallest absolute Gasteiger partial charge is 0.334 e. The van der Waals surface area contributed by atoms with Crippen LogP contribution in [0.25, 0.3) is 0 Å². The van der Waals surface area contributed by atoms with Crippen molar-refractivity contribution in [1.82, 2.24) is 20.0 Å². The number of hydrogen-bond donors (Lipinski definition) is 2. The first-order chi connectivity index (χ1) is 25.5. The third kappa shape index (κ3) is 8.16. The monoisotopic (exact) mass is 768 g/mol. The summed E-state index contributed by atoms with van der Waals surface area (Å²) in [7, 11) is 4.57. The molecular weight excluding hydrogens is 723 g/mol. The molecule has 3 amide bonds.